The van der Waals surface area contributed by atoms with E-state index in [9.17, 15) is 19.2 Å². The molecule has 0 saturated heterocycles. The van der Waals surface area contributed by atoms with Crippen LogP contribution in [0.5, 0.6) is 0 Å². The number of rotatable bonds is 6. The van der Waals surface area contributed by atoms with Crippen LogP contribution in [0.4, 0.5) is 0 Å². The number of furan rings is 1. The first-order chi connectivity index (χ1) is 16.0. The molecule has 0 aromatic carbocycles. The van der Waals surface area contributed by atoms with Crippen LogP contribution in [0.1, 0.15) is 43.9 Å². The number of ether oxygens (including phenoxy) is 1. The molecule has 0 N–H and O–H groups in total. The number of aromatic nitrogens is 1. The number of imide groups is 1. The van der Waals surface area contributed by atoms with Crippen molar-refractivity contribution in [3.05, 3.63) is 76.1 Å². The van der Waals surface area contributed by atoms with Gasteiger partial charge in [-0.15, -0.1) is 11.3 Å². The number of carbonyl (C=O) groups excluding carboxylic acids is 4. The van der Waals surface area contributed by atoms with Crippen molar-refractivity contribution in [3.8, 4) is 0 Å². The van der Waals surface area contributed by atoms with E-state index >= 15 is 0 Å². The second kappa shape index (κ2) is 8.43. The van der Waals surface area contributed by atoms with E-state index in [0.29, 0.717) is 17.9 Å². The van der Waals surface area contributed by atoms with E-state index < -0.39 is 36.8 Å². The van der Waals surface area contributed by atoms with Crippen LogP contribution < -0.4 is 0 Å². The van der Waals surface area contributed by atoms with Crippen molar-refractivity contribution in [2.75, 3.05) is 13.2 Å². The van der Waals surface area contributed by atoms with Gasteiger partial charge >= 0.3 is 5.97 Å². The molecule has 2 aliphatic heterocycles. The molecule has 5 heterocycles. The molecule has 11 heteroatoms. The Bertz CT molecular complexity index is 1230. The molecule has 2 aliphatic rings. The Morgan fingerprint density at radius 2 is 2.03 bits per heavy atom. The van der Waals surface area contributed by atoms with Crippen LogP contribution in [0.2, 0.25) is 0 Å². The summed E-state index contributed by atoms with van der Waals surface area (Å²) in [7, 11) is 0. The SMILES string of the molecule is O=C(CN1C(=O)c2cccnc2C1=O)OCC(=O)N1N=C(c2ccco2)CC1c1cccs1. The molecular formula is C22H16N4O6S. The Hall–Kier alpha value is -4.12. The minimum atomic E-state index is -0.889. The van der Waals surface area contributed by atoms with Crippen LogP contribution in [0.3, 0.4) is 0 Å². The average Bonchev–Trinajstić information content (AvgIpc) is 3.62. The number of thiophene rings is 1. The Morgan fingerprint density at radius 3 is 2.76 bits per heavy atom. The molecule has 0 radical (unpaired) electrons. The average molecular weight is 464 g/mol. The maximum absolute atomic E-state index is 12.9. The van der Waals surface area contributed by atoms with Gasteiger partial charge in [0.2, 0.25) is 0 Å². The number of esters is 1. The zero-order chi connectivity index (χ0) is 22.9. The highest BCUT2D eigenvalue weighted by Gasteiger charge is 2.39. The summed E-state index contributed by atoms with van der Waals surface area (Å²) < 4.78 is 10.5. The monoisotopic (exact) mass is 464 g/mol. The maximum atomic E-state index is 12.9. The number of nitrogens with zero attached hydrogens (tertiary/aromatic N) is 4. The van der Waals surface area contributed by atoms with E-state index in [1.165, 1.54) is 40.9 Å². The van der Waals surface area contributed by atoms with E-state index in [1.807, 2.05) is 17.5 Å². The van der Waals surface area contributed by atoms with E-state index in [-0.39, 0.29) is 17.3 Å². The van der Waals surface area contributed by atoms with E-state index in [4.69, 9.17) is 9.15 Å². The summed E-state index contributed by atoms with van der Waals surface area (Å²) in [6, 6.07) is 9.92. The lowest BCUT2D eigenvalue weighted by molar-refractivity contribution is -0.152. The van der Waals surface area contributed by atoms with Crippen molar-refractivity contribution in [1.82, 2.24) is 14.9 Å². The van der Waals surface area contributed by atoms with E-state index in [1.54, 1.807) is 12.1 Å². The lowest BCUT2D eigenvalue weighted by Gasteiger charge is -2.20. The summed E-state index contributed by atoms with van der Waals surface area (Å²) in [5.41, 5.74) is 0.723. The van der Waals surface area contributed by atoms with E-state index in [2.05, 4.69) is 10.1 Å². The van der Waals surface area contributed by atoms with Crippen molar-refractivity contribution >= 4 is 40.7 Å². The molecule has 0 saturated carbocycles. The maximum Gasteiger partial charge on any atom is 0.326 e. The molecule has 3 amide bonds. The molecular weight excluding hydrogens is 448 g/mol. The molecule has 3 aromatic heterocycles. The topological polar surface area (TPSA) is 122 Å². The summed E-state index contributed by atoms with van der Waals surface area (Å²) in [4.78, 5) is 55.5. The van der Waals surface area contributed by atoms with Crippen molar-refractivity contribution in [2.24, 2.45) is 5.10 Å². The summed E-state index contributed by atoms with van der Waals surface area (Å²) >= 11 is 1.49. The Labute approximate surface area is 191 Å². The standard InChI is InChI=1S/C22H16N4O6S/c27-18(12-32-19(28)11-25-21(29)13-4-1-7-23-20(13)22(25)30)26-15(17-6-3-9-33-17)10-14(24-26)16-5-2-8-31-16/h1-9,15H,10-12H2. The van der Waals surface area contributed by atoms with Crippen LogP contribution in [-0.2, 0) is 14.3 Å². The molecule has 0 bridgehead atoms. The zero-order valence-electron chi connectivity index (χ0n) is 17.0. The quantitative estimate of drug-likeness (QED) is 0.405. The van der Waals surface area contributed by atoms with Gasteiger partial charge in [-0.1, -0.05) is 6.07 Å². The first kappa shape index (κ1) is 20.8. The predicted molar refractivity (Wildman–Crippen MR) is 114 cm³/mol. The highest BCUT2D eigenvalue weighted by Crippen LogP contribution is 2.35. The van der Waals surface area contributed by atoms with Gasteiger partial charge in [-0.25, -0.2) is 5.01 Å². The Morgan fingerprint density at radius 1 is 1.15 bits per heavy atom. The second-order valence-electron chi connectivity index (χ2n) is 7.25. The van der Waals surface area contributed by atoms with Crippen LogP contribution in [0.15, 0.2) is 63.8 Å². The number of hydrazone groups is 1. The van der Waals surface area contributed by atoms with Crippen LogP contribution in [-0.4, -0.2) is 57.4 Å². The number of carbonyl (C=O) groups is 4. The number of hydrogen-bond donors (Lipinski definition) is 0. The Balaban J connectivity index is 1.25. The van der Waals surface area contributed by atoms with Gasteiger partial charge in [-0.2, -0.15) is 5.10 Å². The first-order valence-electron chi connectivity index (χ1n) is 9.96. The summed E-state index contributed by atoms with van der Waals surface area (Å²) in [5, 5.41) is 7.58. The van der Waals surface area contributed by atoms with Gasteiger partial charge in [0, 0.05) is 17.5 Å². The smallest absolute Gasteiger partial charge is 0.326 e. The zero-order valence-corrected chi connectivity index (χ0v) is 17.9. The number of pyridine rings is 1. The van der Waals surface area contributed by atoms with Gasteiger partial charge in [0.25, 0.3) is 17.7 Å². The van der Waals surface area contributed by atoms with Crippen molar-refractivity contribution in [3.63, 3.8) is 0 Å². The van der Waals surface area contributed by atoms with Crippen LogP contribution >= 0.6 is 11.3 Å². The number of amides is 3. The highest BCUT2D eigenvalue weighted by atomic mass is 32.1. The van der Waals surface area contributed by atoms with Crippen molar-refractivity contribution < 1.29 is 28.3 Å². The number of fused-ring (bicyclic) bond motifs is 1. The normalized spacial score (nSPS) is 17.3. The molecule has 1 unspecified atom stereocenters. The van der Waals surface area contributed by atoms with Gasteiger partial charge in [-0.3, -0.25) is 29.1 Å². The fourth-order valence-electron chi connectivity index (χ4n) is 3.67. The fraction of sp³-hybridized carbons (Fsp3) is 0.182. The molecule has 0 fully saturated rings. The minimum absolute atomic E-state index is 0.0120. The first-order valence-corrected chi connectivity index (χ1v) is 10.8. The molecule has 1 atom stereocenters. The molecule has 5 rings (SSSR count). The van der Waals surface area contributed by atoms with E-state index in [0.717, 1.165) is 9.78 Å². The molecule has 0 aliphatic carbocycles. The van der Waals surface area contributed by atoms with Gasteiger partial charge in [0.1, 0.15) is 23.7 Å². The largest absolute Gasteiger partial charge is 0.463 e. The molecule has 166 valence electrons. The minimum Gasteiger partial charge on any atom is -0.463 e. The third-order valence-corrected chi connectivity index (χ3v) is 6.19. The fourth-order valence-corrected chi connectivity index (χ4v) is 4.49. The Kier molecular flexibility index (Phi) is 5.31. The van der Waals surface area contributed by atoms with Crippen molar-refractivity contribution in [2.45, 2.75) is 12.5 Å². The third-order valence-electron chi connectivity index (χ3n) is 5.22. The molecule has 33 heavy (non-hydrogen) atoms. The predicted octanol–water partition coefficient (Wildman–Crippen LogP) is 2.25. The highest BCUT2D eigenvalue weighted by molar-refractivity contribution is 7.10. The second-order valence-corrected chi connectivity index (χ2v) is 8.23. The molecule has 3 aromatic rings. The van der Waals surface area contributed by atoms with Gasteiger partial charge in [0.05, 0.1) is 17.9 Å². The van der Waals surface area contributed by atoms with Crippen molar-refractivity contribution in [1.29, 1.82) is 0 Å². The van der Waals surface area contributed by atoms with Crippen LogP contribution in [0, 0.1) is 0 Å². The summed E-state index contributed by atoms with van der Waals surface area (Å²) in [6.07, 6.45) is 3.37. The molecule has 10 nitrogen and oxygen atoms in total. The summed E-state index contributed by atoms with van der Waals surface area (Å²) in [6.45, 7) is -1.20. The van der Waals surface area contributed by atoms with Gasteiger partial charge in [0.15, 0.2) is 6.61 Å². The third kappa shape index (κ3) is 3.82. The number of hydrogen-bond acceptors (Lipinski definition) is 9. The van der Waals surface area contributed by atoms with Gasteiger partial charge < -0.3 is 9.15 Å². The van der Waals surface area contributed by atoms with Gasteiger partial charge in [-0.05, 0) is 35.7 Å². The lowest BCUT2D eigenvalue weighted by Crippen LogP contribution is -2.37. The summed E-state index contributed by atoms with van der Waals surface area (Å²) in [5.74, 6) is -2.17. The van der Waals surface area contributed by atoms with Crippen LogP contribution in [0.25, 0.3) is 0 Å². The lowest BCUT2D eigenvalue weighted by atomic mass is 10.1. The molecule has 0 spiro atoms.